The minimum atomic E-state index is -0.106. The fourth-order valence-electron chi connectivity index (χ4n) is 3.71. The molecule has 3 rings (SSSR count). The molecule has 0 aliphatic heterocycles. The highest BCUT2D eigenvalue weighted by atomic mass is 32.1. The molecule has 0 bridgehead atoms. The quantitative estimate of drug-likeness (QED) is 0.540. The molecule has 0 spiro atoms. The third-order valence-corrected chi connectivity index (χ3v) is 6.39. The number of ether oxygens (including phenoxy) is 1. The lowest BCUT2D eigenvalue weighted by atomic mass is 9.97. The summed E-state index contributed by atoms with van der Waals surface area (Å²) < 4.78 is 8.84. The minimum Gasteiger partial charge on any atom is -0.380 e. The highest BCUT2D eigenvalue weighted by Crippen LogP contribution is 2.22. The average molecular weight is 411 g/mol. The predicted molar refractivity (Wildman–Crippen MR) is 121 cm³/mol. The zero-order valence-electron chi connectivity index (χ0n) is 18.3. The number of carbonyl (C=O) groups excluding carboxylic acids is 1. The molecule has 1 aromatic heterocycles. The van der Waals surface area contributed by atoms with E-state index in [4.69, 9.17) is 4.74 Å². The maximum absolute atomic E-state index is 12.9. The lowest BCUT2D eigenvalue weighted by molar-refractivity contribution is -0.117. The lowest BCUT2D eigenvalue weighted by Gasteiger charge is -2.09. The van der Waals surface area contributed by atoms with E-state index in [1.54, 1.807) is 11.3 Å². The van der Waals surface area contributed by atoms with Crippen LogP contribution in [0.4, 0.5) is 0 Å². The summed E-state index contributed by atoms with van der Waals surface area (Å²) in [6.07, 6.45) is 0.329. The van der Waals surface area contributed by atoms with Gasteiger partial charge in [0.2, 0.25) is 0 Å². The lowest BCUT2D eigenvalue weighted by Crippen LogP contribution is -2.20. The maximum Gasteiger partial charge on any atom is 0.252 e. The van der Waals surface area contributed by atoms with Gasteiger partial charge in [0.25, 0.3) is 5.91 Å². The highest BCUT2D eigenvalue weighted by Gasteiger charge is 2.12. The summed E-state index contributed by atoms with van der Waals surface area (Å²) in [5.41, 5.74) is 8.21. The standard InChI is InChI=1S/C24H30N2O2S/c1-7-28-9-8-26-21-12-16(3)17(4)13-22(21)29-24(26)25-23(27)14-20-18(5)10-15(2)11-19(20)6/h10-13H,7-9,14H2,1-6H3. The normalized spacial score (nSPS) is 12.1. The smallest absolute Gasteiger partial charge is 0.252 e. The zero-order valence-corrected chi connectivity index (χ0v) is 19.1. The molecule has 0 aliphatic carbocycles. The predicted octanol–water partition coefficient (Wildman–Crippen LogP) is 4.95. The van der Waals surface area contributed by atoms with Crippen LogP contribution in [0.1, 0.15) is 40.3 Å². The number of carbonyl (C=O) groups is 1. The van der Waals surface area contributed by atoms with Crippen molar-refractivity contribution in [2.24, 2.45) is 4.99 Å². The van der Waals surface area contributed by atoms with E-state index in [2.05, 4.69) is 68.4 Å². The van der Waals surface area contributed by atoms with Crippen molar-refractivity contribution in [3.8, 4) is 0 Å². The Labute approximate surface area is 176 Å². The molecule has 0 N–H and O–H groups in total. The van der Waals surface area contributed by atoms with E-state index in [-0.39, 0.29) is 5.91 Å². The van der Waals surface area contributed by atoms with Crippen molar-refractivity contribution >= 4 is 27.5 Å². The zero-order chi connectivity index (χ0) is 21.1. The first-order chi connectivity index (χ1) is 13.8. The summed E-state index contributed by atoms with van der Waals surface area (Å²) in [5.74, 6) is -0.106. The number of hydrogen-bond donors (Lipinski definition) is 0. The molecule has 1 amide bonds. The maximum atomic E-state index is 12.9. The molecular weight excluding hydrogens is 380 g/mol. The molecule has 0 atom stereocenters. The monoisotopic (exact) mass is 410 g/mol. The van der Waals surface area contributed by atoms with Gasteiger partial charge in [0.15, 0.2) is 4.80 Å². The van der Waals surface area contributed by atoms with E-state index in [1.807, 2.05) is 6.92 Å². The average Bonchev–Trinajstić information content (AvgIpc) is 2.95. The van der Waals surface area contributed by atoms with E-state index in [0.29, 0.717) is 26.2 Å². The fourth-order valence-corrected chi connectivity index (χ4v) is 4.86. The van der Waals surface area contributed by atoms with Crippen LogP contribution < -0.4 is 4.80 Å². The Hall–Kier alpha value is -2.24. The molecule has 4 nitrogen and oxygen atoms in total. The summed E-state index contributed by atoms with van der Waals surface area (Å²) in [7, 11) is 0. The van der Waals surface area contributed by atoms with Crippen molar-refractivity contribution < 1.29 is 9.53 Å². The first kappa shape index (κ1) is 21.5. The number of aromatic nitrogens is 1. The molecule has 1 heterocycles. The molecule has 3 aromatic rings. The van der Waals surface area contributed by atoms with Gasteiger partial charge in [-0.2, -0.15) is 4.99 Å². The molecular formula is C24H30N2O2S. The summed E-state index contributed by atoms with van der Waals surface area (Å²) in [6, 6.07) is 8.63. The van der Waals surface area contributed by atoms with Crippen LogP contribution in [0.2, 0.25) is 0 Å². The van der Waals surface area contributed by atoms with Gasteiger partial charge in [-0.15, -0.1) is 0 Å². The number of fused-ring (bicyclic) bond motifs is 1. The number of aryl methyl sites for hydroxylation is 5. The number of amides is 1. The second-order valence-electron chi connectivity index (χ2n) is 7.70. The largest absolute Gasteiger partial charge is 0.380 e. The Morgan fingerprint density at radius 3 is 2.31 bits per heavy atom. The van der Waals surface area contributed by atoms with Crippen LogP contribution in [-0.4, -0.2) is 23.7 Å². The Balaban J connectivity index is 2.02. The van der Waals surface area contributed by atoms with Crippen LogP contribution in [0.3, 0.4) is 0 Å². The van der Waals surface area contributed by atoms with Crippen molar-refractivity contribution in [3.05, 3.63) is 62.4 Å². The summed E-state index contributed by atoms with van der Waals surface area (Å²) in [6.45, 7) is 14.4. The van der Waals surface area contributed by atoms with Crippen LogP contribution in [-0.2, 0) is 22.5 Å². The molecule has 0 unspecified atom stereocenters. The number of benzene rings is 2. The number of hydrogen-bond acceptors (Lipinski definition) is 3. The van der Waals surface area contributed by atoms with E-state index >= 15 is 0 Å². The Kier molecular flexibility index (Phi) is 6.70. The minimum absolute atomic E-state index is 0.106. The fraction of sp³-hybridized carbons (Fsp3) is 0.417. The highest BCUT2D eigenvalue weighted by molar-refractivity contribution is 7.16. The molecule has 0 saturated carbocycles. The molecule has 0 radical (unpaired) electrons. The third-order valence-electron chi connectivity index (χ3n) is 5.35. The van der Waals surface area contributed by atoms with Gasteiger partial charge in [-0.3, -0.25) is 4.79 Å². The van der Waals surface area contributed by atoms with Gasteiger partial charge in [0.05, 0.1) is 23.2 Å². The van der Waals surface area contributed by atoms with E-state index in [9.17, 15) is 4.79 Å². The van der Waals surface area contributed by atoms with Crippen LogP contribution in [0.25, 0.3) is 10.2 Å². The first-order valence-electron chi connectivity index (χ1n) is 10.1. The van der Waals surface area contributed by atoms with Crippen LogP contribution in [0.5, 0.6) is 0 Å². The van der Waals surface area contributed by atoms with Crippen molar-refractivity contribution in [3.63, 3.8) is 0 Å². The van der Waals surface area contributed by atoms with E-state index in [1.165, 1.54) is 16.7 Å². The molecule has 0 aliphatic rings. The first-order valence-corrected chi connectivity index (χ1v) is 10.9. The summed E-state index contributed by atoms with van der Waals surface area (Å²) in [4.78, 5) is 18.1. The summed E-state index contributed by atoms with van der Waals surface area (Å²) >= 11 is 1.57. The van der Waals surface area contributed by atoms with Crippen LogP contribution in [0.15, 0.2) is 29.3 Å². The van der Waals surface area contributed by atoms with Gasteiger partial charge in [-0.25, -0.2) is 0 Å². The van der Waals surface area contributed by atoms with Gasteiger partial charge in [0.1, 0.15) is 0 Å². The number of nitrogens with zero attached hydrogens (tertiary/aromatic N) is 2. The second-order valence-corrected chi connectivity index (χ2v) is 8.71. The van der Waals surface area contributed by atoms with Crippen molar-refractivity contribution in [1.29, 1.82) is 0 Å². The Morgan fingerprint density at radius 2 is 1.66 bits per heavy atom. The third kappa shape index (κ3) is 4.85. The Morgan fingerprint density at radius 1 is 1.00 bits per heavy atom. The van der Waals surface area contributed by atoms with Crippen LogP contribution >= 0.6 is 11.3 Å². The van der Waals surface area contributed by atoms with Crippen LogP contribution in [0, 0.1) is 34.6 Å². The van der Waals surface area contributed by atoms with Gasteiger partial charge in [-0.1, -0.05) is 29.0 Å². The SMILES string of the molecule is CCOCCn1c(=NC(=O)Cc2c(C)cc(C)cc2C)sc2cc(C)c(C)cc21. The van der Waals surface area contributed by atoms with Gasteiger partial charge >= 0.3 is 0 Å². The molecule has 5 heteroatoms. The van der Waals surface area contributed by atoms with Gasteiger partial charge < -0.3 is 9.30 Å². The molecule has 0 saturated heterocycles. The van der Waals surface area contributed by atoms with E-state index in [0.717, 1.165) is 31.7 Å². The van der Waals surface area contributed by atoms with Crippen molar-refractivity contribution in [2.75, 3.05) is 13.2 Å². The molecule has 2 aromatic carbocycles. The summed E-state index contributed by atoms with van der Waals surface area (Å²) in [5, 5.41) is 0. The Bertz CT molecular complexity index is 1100. The van der Waals surface area contributed by atoms with Crippen molar-refractivity contribution in [1.82, 2.24) is 4.57 Å². The number of thiazole rings is 1. The van der Waals surface area contributed by atoms with Crippen molar-refractivity contribution in [2.45, 2.75) is 54.5 Å². The topological polar surface area (TPSA) is 43.6 Å². The molecule has 154 valence electrons. The second kappa shape index (κ2) is 9.06. The molecule has 0 fully saturated rings. The van der Waals surface area contributed by atoms with Gasteiger partial charge in [-0.05, 0) is 81.5 Å². The number of rotatable bonds is 6. The van der Waals surface area contributed by atoms with E-state index < -0.39 is 0 Å². The van der Waals surface area contributed by atoms with Gasteiger partial charge in [0, 0.05) is 13.2 Å². The molecule has 29 heavy (non-hydrogen) atoms.